The summed E-state index contributed by atoms with van der Waals surface area (Å²) >= 11 is 12.3. The number of ether oxygens (including phenoxy) is 2. The first-order valence-corrected chi connectivity index (χ1v) is 8.91. The molecular weight excluding hydrogens is 373 g/mol. The molecule has 0 aliphatic carbocycles. The second kappa shape index (κ2) is 9.42. The van der Waals surface area contributed by atoms with Crippen molar-refractivity contribution >= 4 is 34.9 Å². The molecule has 0 amide bonds. The van der Waals surface area contributed by atoms with Gasteiger partial charge in [0.1, 0.15) is 0 Å². The van der Waals surface area contributed by atoms with Crippen LogP contribution in [0.1, 0.15) is 37.8 Å². The molecule has 136 valence electrons. The maximum atomic E-state index is 9.59. The van der Waals surface area contributed by atoms with Gasteiger partial charge in [-0.15, -0.1) is 0 Å². The van der Waals surface area contributed by atoms with Crippen molar-refractivity contribution < 1.29 is 9.47 Å². The fourth-order valence-electron chi connectivity index (χ4n) is 2.34. The van der Waals surface area contributed by atoms with Gasteiger partial charge < -0.3 is 9.47 Å². The first-order valence-electron chi connectivity index (χ1n) is 8.15. The van der Waals surface area contributed by atoms with Crippen LogP contribution in [0, 0.1) is 11.3 Å². The molecule has 0 unspecified atom stereocenters. The number of methoxy groups -OCH3 is 1. The third-order valence-electron chi connectivity index (χ3n) is 3.83. The zero-order valence-corrected chi connectivity index (χ0v) is 16.3. The molecule has 0 radical (unpaired) electrons. The second-order valence-electron chi connectivity index (χ2n) is 5.47. The van der Waals surface area contributed by atoms with Crippen molar-refractivity contribution in [3.63, 3.8) is 0 Å². The van der Waals surface area contributed by atoms with E-state index in [0.717, 1.165) is 12.8 Å². The molecule has 7 heteroatoms. The molecule has 0 aromatic carbocycles. The molecule has 0 bridgehead atoms. The Hall–Kier alpha value is -2.29. The van der Waals surface area contributed by atoms with E-state index in [4.69, 9.17) is 32.7 Å². The Morgan fingerprint density at radius 1 is 1.23 bits per heavy atom. The predicted molar refractivity (Wildman–Crippen MR) is 104 cm³/mol. The van der Waals surface area contributed by atoms with Gasteiger partial charge in [-0.25, -0.2) is 4.98 Å². The fourth-order valence-corrected chi connectivity index (χ4v) is 2.81. The molecule has 0 fully saturated rings. The monoisotopic (exact) mass is 391 g/mol. The summed E-state index contributed by atoms with van der Waals surface area (Å²) in [5.74, 6) is 0.865. The van der Waals surface area contributed by atoms with Crippen LogP contribution in [0.25, 0.3) is 11.6 Å². The summed E-state index contributed by atoms with van der Waals surface area (Å²) in [7, 11) is 1.53. The van der Waals surface area contributed by atoms with Crippen molar-refractivity contribution in [2.24, 2.45) is 0 Å². The van der Waals surface area contributed by atoms with Gasteiger partial charge in [-0.2, -0.15) is 5.26 Å². The zero-order valence-electron chi connectivity index (χ0n) is 14.8. The number of hydrogen-bond donors (Lipinski definition) is 0. The number of nitriles is 1. The van der Waals surface area contributed by atoms with Crippen molar-refractivity contribution in [2.75, 3.05) is 7.11 Å². The van der Waals surface area contributed by atoms with Crippen molar-refractivity contribution in [2.45, 2.75) is 32.8 Å². The van der Waals surface area contributed by atoms with E-state index < -0.39 is 0 Å². The molecule has 2 aromatic heterocycles. The van der Waals surface area contributed by atoms with Gasteiger partial charge >= 0.3 is 0 Å². The van der Waals surface area contributed by atoms with Crippen LogP contribution in [-0.4, -0.2) is 23.2 Å². The van der Waals surface area contributed by atoms with E-state index in [9.17, 15) is 5.26 Å². The number of allylic oxidation sites excluding steroid dienone is 1. The highest BCUT2D eigenvalue weighted by molar-refractivity contribution is 6.37. The maximum Gasteiger partial charge on any atom is 0.256 e. The number of hydrogen-bond acceptors (Lipinski definition) is 5. The van der Waals surface area contributed by atoms with Crippen LogP contribution in [0.3, 0.4) is 0 Å². The molecular formula is C19H19Cl2N3O2. The van der Waals surface area contributed by atoms with Crippen molar-refractivity contribution in [3.8, 4) is 17.7 Å². The Morgan fingerprint density at radius 3 is 2.42 bits per heavy atom. The molecule has 0 spiro atoms. The molecule has 0 aliphatic rings. The third kappa shape index (κ3) is 4.66. The van der Waals surface area contributed by atoms with E-state index in [1.807, 2.05) is 13.8 Å². The van der Waals surface area contributed by atoms with Gasteiger partial charge in [0.05, 0.1) is 34.9 Å². The fraction of sp³-hybridized carbons (Fsp3) is 0.316. The Kier molecular flexibility index (Phi) is 7.26. The van der Waals surface area contributed by atoms with Crippen LogP contribution >= 0.6 is 23.2 Å². The minimum atomic E-state index is 0.0413. The summed E-state index contributed by atoms with van der Waals surface area (Å²) in [6.45, 7) is 4.10. The zero-order chi connectivity index (χ0) is 19.1. The molecule has 2 rings (SSSR count). The lowest BCUT2D eigenvalue weighted by molar-refractivity contribution is 0.183. The number of pyridine rings is 2. The SMILES string of the molecule is CCC(CC)Oc1cc(/C(C#N)=C/c2c(Cl)cncc2Cl)cnc1OC. The van der Waals surface area contributed by atoms with E-state index in [-0.39, 0.29) is 6.10 Å². The molecule has 0 saturated heterocycles. The number of rotatable bonds is 7. The van der Waals surface area contributed by atoms with Crippen LogP contribution in [-0.2, 0) is 0 Å². The smallest absolute Gasteiger partial charge is 0.256 e. The van der Waals surface area contributed by atoms with Crippen molar-refractivity contribution in [1.82, 2.24) is 9.97 Å². The standard InChI is InChI=1S/C19H19Cl2N3O2/c1-4-14(5-2)26-18-7-13(9-24-19(18)25-3)12(8-22)6-15-16(20)10-23-11-17(15)21/h6-7,9-11,14H,4-5H2,1-3H3/b12-6+. The molecule has 2 aromatic rings. The van der Waals surface area contributed by atoms with Crippen LogP contribution in [0.15, 0.2) is 24.7 Å². The van der Waals surface area contributed by atoms with Gasteiger partial charge in [0, 0.05) is 29.7 Å². The summed E-state index contributed by atoms with van der Waals surface area (Å²) in [6, 6.07) is 3.89. The lowest BCUT2D eigenvalue weighted by Crippen LogP contribution is -2.14. The quantitative estimate of drug-likeness (QED) is 0.589. The Morgan fingerprint density at radius 2 is 1.88 bits per heavy atom. The molecule has 0 atom stereocenters. The summed E-state index contributed by atoms with van der Waals surface area (Å²) < 4.78 is 11.3. The third-order valence-corrected chi connectivity index (χ3v) is 4.43. The van der Waals surface area contributed by atoms with Gasteiger partial charge in [0.2, 0.25) is 0 Å². The van der Waals surface area contributed by atoms with Gasteiger partial charge in [0.15, 0.2) is 5.75 Å². The number of nitrogens with zero attached hydrogens (tertiary/aromatic N) is 3. The van der Waals surface area contributed by atoms with Crippen LogP contribution < -0.4 is 9.47 Å². The van der Waals surface area contributed by atoms with Crippen LogP contribution in [0.5, 0.6) is 11.6 Å². The van der Waals surface area contributed by atoms with E-state index in [2.05, 4.69) is 16.0 Å². The topological polar surface area (TPSA) is 68.0 Å². The first kappa shape index (κ1) is 20.0. The average Bonchev–Trinajstić information content (AvgIpc) is 2.66. The van der Waals surface area contributed by atoms with Gasteiger partial charge in [-0.3, -0.25) is 4.98 Å². The van der Waals surface area contributed by atoms with Crippen LogP contribution in [0.2, 0.25) is 10.0 Å². The lowest BCUT2D eigenvalue weighted by Gasteiger charge is -2.17. The highest BCUT2D eigenvalue weighted by Crippen LogP contribution is 2.32. The molecule has 0 N–H and O–H groups in total. The molecule has 0 saturated carbocycles. The average molecular weight is 392 g/mol. The van der Waals surface area contributed by atoms with Gasteiger partial charge in [-0.1, -0.05) is 37.0 Å². The first-order chi connectivity index (χ1) is 12.5. The molecule has 2 heterocycles. The maximum absolute atomic E-state index is 9.59. The minimum Gasteiger partial charge on any atom is -0.485 e. The summed E-state index contributed by atoms with van der Waals surface area (Å²) in [6.07, 6.45) is 7.86. The van der Waals surface area contributed by atoms with Gasteiger partial charge in [-0.05, 0) is 25.0 Å². The molecule has 0 aliphatic heterocycles. The lowest BCUT2D eigenvalue weighted by atomic mass is 10.1. The Balaban J connectivity index is 2.48. The van der Waals surface area contributed by atoms with Gasteiger partial charge in [0.25, 0.3) is 5.88 Å². The highest BCUT2D eigenvalue weighted by Gasteiger charge is 2.15. The Labute approximate surface area is 163 Å². The van der Waals surface area contributed by atoms with E-state index in [1.54, 1.807) is 18.3 Å². The normalized spacial score (nSPS) is 11.3. The van der Waals surface area contributed by atoms with E-state index >= 15 is 0 Å². The summed E-state index contributed by atoms with van der Waals surface area (Å²) in [5, 5.41) is 10.3. The van der Waals surface area contributed by atoms with E-state index in [0.29, 0.717) is 38.4 Å². The second-order valence-corrected chi connectivity index (χ2v) is 6.29. The number of aromatic nitrogens is 2. The Bertz CT molecular complexity index is 823. The predicted octanol–water partition coefficient (Wildman–Crippen LogP) is 5.42. The summed E-state index contributed by atoms with van der Waals surface area (Å²) in [5.41, 5.74) is 1.46. The minimum absolute atomic E-state index is 0.0413. The van der Waals surface area contributed by atoms with E-state index in [1.165, 1.54) is 19.5 Å². The molecule has 26 heavy (non-hydrogen) atoms. The van der Waals surface area contributed by atoms with Crippen molar-refractivity contribution in [1.29, 1.82) is 5.26 Å². The number of halogens is 2. The van der Waals surface area contributed by atoms with Crippen LogP contribution in [0.4, 0.5) is 0 Å². The van der Waals surface area contributed by atoms with Crippen molar-refractivity contribution in [3.05, 3.63) is 45.8 Å². The highest BCUT2D eigenvalue weighted by atomic mass is 35.5. The summed E-state index contributed by atoms with van der Waals surface area (Å²) in [4.78, 5) is 8.17. The largest absolute Gasteiger partial charge is 0.485 e. The molecule has 5 nitrogen and oxygen atoms in total.